The lowest BCUT2D eigenvalue weighted by Crippen LogP contribution is -2.24. The van der Waals surface area contributed by atoms with Crippen molar-refractivity contribution in [3.05, 3.63) is 75.4 Å². The van der Waals surface area contributed by atoms with Gasteiger partial charge in [-0.1, -0.05) is 53.7 Å². The largest absolute Gasteiger partial charge is 0.343 e. The summed E-state index contributed by atoms with van der Waals surface area (Å²) in [6.45, 7) is 2.14. The van der Waals surface area contributed by atoms with Crippen molar-refractivity contribution in [2.24, 2.45) is 0 Å². The number of aromatic nitrogens is 3. The van der Waals surface area contributed by atoms with Crippen molar-refractivity contribution in [3.63, 3.8) is 0 Å². The Labute approximate surface area is 170 Å². The van der Waals surface area contributed by atoms with Crippen LogP contribution in [0, 0.1) is 5.82 Å². The number of carbonyl (C=O) groups excluding carboxylic acids is 1. The smallest absolute Gasteiger partial charge is 0.324 e. The molecule has 0 fully saturated rings. The first-order chi connectivity index (χ1) is 13.4. The second-order valence-corrected chi connectivity index (χ2v) is 7.79. The van der Waals surface area contributed by atoms with Crippen molar-refractivity contribution in [2.75, 3.05) is 5.32 Å². The zero-order chi connectivity index (χ0) is 20.1. The van der Waals surface area contributed by atoms with Crippen molar-refractivity contribution < 1.29 is 9.18 Å². The number of nitrogens with zero attached hydrogens (tertiary/aromatic N) is 2. The van der Waals surface area contributed by atoms with E-state index in [9.17, 15) is 14.0 Å². The molecule has 3 rings (SSSR count). The van der Waals surface area contributed by atoms with Crippen LogP contribution in [0.3, 0.4) is 0 Å². The first-order valence-corrected chi connectivity index (χ1v) is 9.81. The standard InChI is InChI=1S/C19H18ClFN4O2S/c1-12(17(26)22-16-8-7-14(21)11-15(16)20)28-19-24-23-18(27)25(19)10-9-13-5-3-2-4-6-13/h2-8,11-12H,9-10H2,1H3,(H,22,26)(H,23,27). The first-order valence-electron chi connectivity index (χ1n) is 8.55. The average molecular weight is 421 g/mol. The minimum absolute atomic E-state index is 0.116. The summed E-state index contributed by atoms with van der Waals surface area (Å²) in [4.78, 5) is 24.5. The van der Waals surface area contributed by atoms with E-state index in [1.54, 1.807) is 6.92 Å². The molecule has 0 aliphatic rings. The van der Waals surface area contributed by atoms with Crippen LogP contribution < -0.4 is 11.0 Å². The van der Waals surface area contributed by atoms with E-state index in [1.807, 2.05) is 30.3 Å². The van der Waals surface area contributed by atoms with Crippen LogP contribution in [0.5, 0.6) is 0 Å². The summed E-state index contributed by atoms with van der Waals surface area (Å²) in [6, 6.07) is 13.5. The number of halogens is 2. The van der Waals surface area contributed by atoms with Crippen LogP contribution in [0.15, 0.2) is 58.5 Å². The van der Waals surface area contributed by atoms with E-state index in [2.05, 4.69) is 15.5 Å². The number of aromatic amines is 1. The molecule has 0 saturated carbocycles. The summed E-state index contributed by atoms with van der Waals surface area (Å²) in [5.74, 6) is -0.812. The van der Waals surface area contributed by atoms with Crippen molar-refractivity contribution in [3.8, 4) is 0 Å². The molecule has 0 bridgehead atoms. The van der Waals surface area contributed by atoms with E-state index in [0.29, 0.717) is 23.8 Å². The van der Waals surface area contributed by atoms with E-state index in [4.69, 9.17) is 11.6 Å². The second kappa shape index (κ2) is 9.07. The van der Waals surface area contributed by atoms with Gasteiger partial charge in [0, 0.05) is 6.54 Å². The van der Waals surface area contributed by atoms with Crippen LogP contribution in [-0.2, 0) is 17.8 Å². The normalized spacial score (nSPS) is 12.0. The van der Waals surface area contributed by atoms with Crippen LogP contribution in [0.25, 0.3) is 0 Å². The van der Waals surface area contributed by atoms with Crippen molar-refractivity contribution in [1.82, 2.24) is 14.8 Å². The Bertz CT molecular complexity index is 1020. The molecule has 28 heavy (non-hydrogen) atoms. The number of H-pyrrole nitrogens is 1. The third-order valence-corrected chi connectivity index (χ3v) is 5.43. The van der Waals surface area contributed by atoms with Gasteiger partial charge in [0.2, 0.25) is 5.91 Å². The lowest BCUT2D eigenvalue weighted by molar-refractivity contribution is -0.115. The molecule has 0 saturated heterocycles. The van der Waals surface area contributed by atoms with Crippen molar-refractivity contribution in [1.29, 1.82) is 0 Å². The maximum Gasteiger partial charge on any atom is 0.343 e. The highest BCUT2D eigenvalue weighted by molar-refractivity contribution is 8.00. The maximum absolute atomic E-state index is 13.1. The fourth-order valence-corrected chi connectivity index (χ4v) is 3.61. The molecule has 6 nitrogen and oxygen atoms in total. The SMILES string of the molecule is CC(Sc1n[nH]c(=O)n1CCc1ccccc1)C(=O)Nc1ccc(F)cc1Cl. The molecule has 1 heterocycles. The molecule has 0 radical (unpaired) electrons. The van der Waals surface area contributed by atoms with E-state index in [-0.39, 0.29) is 16.6 Å². The number of amides is 1. The van der Waals surface area contributed by atoms with Crippen LogP contribution in [0.1, 0.15) is 12.5 Å². The Morgan fingerprint density at radius 3 is 2.79 bits per heavy atom. The van der Waals surface area contributed by atoms with Gasteiger partial charge in [0.25, 0.3) is 0 Å². The fourth-order valence-electron chi connectivity index (χ4n) is 2.51. The molecule has 146 valence electrons. The van der Waals surface area contributed by atoms with Gasteiger partial charge >= 0.3 is 5.69 Å². The highest BCUT2D eigenvalue weighted by atomic mass is 35.5. The Balaban J connectivity index is 1.66. The summed E-state index contributed by atoms with van der Waals surface area (Å²) >= 11 is 7.10. The van der Waals surface area contributed by atoms with Gasteiger partial charge in [-0.25, -0.2) is 14.3 Å². The number of carbonyl (C=O) groups is 1. The summed E-state index contributed by atoms with van der Waals surface area (Å²) in [6.07, 6.45) is 0.666. The quantitative estimate of drug-likeness (QED) is 0.571. The zero-order valence-corrected chi connectivity index (χ0v) is 16.6. The summed E-state index contributed by atoms with van der Waals surface area (Å²) in [5.41, 5.74) is 1.10. The van der Waals surface area contributed by atoms with Crippen LogP contribution in [-0.4, -0.2) is 25.9 Å². The molecule has 3 aromatic rings. The lowest BCUT2D eigenvalue weighted by Gasteiger charge is -2.13. The molecule has 0 spiro atoms. The van der Waals surface area contributed by atoms with Gasteiger partial charge in [0.05, 0.1) is 16.0 Å². The molecule has 0 aliphatic heterocycles. The van der Waals surface area contributed by atoms with Gasteiger partial charge in [-0.3, -0.25) is 9.36 Å². The van der Waals surface area contributed by atoms with E-state index < -0.39 is 11.1 Å². The fraction of sp³-hybridized carbons (Fsp3) is 0.211. The van der Waals surface area contributed by atoms with Crippen LogP contribution >= 0.6 is 23.4 Å². The molecule has 1 unspecified atom stereocenters. The van der Waals surface area contributed by atoms with Gasteiger partial charge in [-0.2, -0.15) is 0 Å². The maximum atomic E-state index is 13.1. The monoisotopic (exact) mass is 420 g/mol. The van der Waals surface area contributed by atoms with Crippen molar-refractivity contribution in [2.45, 2.75) is 30.3 Å². The zero-order valence-electron chi connectivity index (χ0n) is 15.0. The number of hydrogen-bond donors (Lipinski definition) is 2. The Morgan fingerprint density at radius 2 is 2.07 bits per heavy atom. The number of thioether (sulfide) groups is 1. The molecular formula is C19H18ClFN4O2S. The van der Waals surface area contributed by atoms with Gasteiger partial charge in [0.1, 0.15) is 5.82 Å². The molecule has 9 heteroatoms. The third kappa shape index (κ3) is 5.02. The van der Waals surface area contributed by atoms with E-state index >= 15 is 0 Å². The van der Waals surface area contributed by atoms with Crippen LogP contribution in [0.2, 0.25) is 5.02 Å². The van der Waals surface area contributed by atoms with Gasteiger partial charge in [-0.15, -0.1) is 5.10 Å². The molecule has 0 aliphatic carbocycles. The molecule has 1 aromatic heterocycles. The van der Waals surface area contributed by atoms with Crippen molar-refractivity contribution >= 4 is 35.0 Å². The molecule has 2 aromatic carbocycles. The topological polar surface area (TPSA) is 79.8 Å². The third-order valence-electron chi connectivity index (χ3n) is 4.03. The minimum atomic E-state index is -0.549. The number of hydrogen-bond acceptors (Lipinski definition) is 4. The predicted octanol–water partition coefficient (Wildman–Crippen LogP) is 3.73. The summed E-state index contributed by atoms with van der Waals surface area (Å²) in [5, 5.41) is 9.09. The van der Waals surface area contributed by atoms with E-state index in [1.165, 1.54) is 16.7 Å². The number of nitrogens with one attached hydrogen (secondary N) is 2. The molecule has 1 atom stereocenters. The van der Waals surface area contributed by atoms with Gasteiger partial charge in [-0.05, 0) is 37.1 Å². The second-order valence-electron chi connectivity index (χ2n) is 6.07. The summed E-state index contributed by atoms with van der Waals surface area (Å²) in [7, 11) is 0. The minimum Gasteiger partial charge on any atom is -0.324 e. The Morgan fingerprint density at radius 1 is 1.32 bits per heavy atom. The number of anilines is 1. The number of aryl methyl sites for hydroxylation is 1. The first kappa shape index (κ1) is 20.2. The summed E-state index contributed by atoms with van der Waals surface area (Å²) < 4.78 is 14.6. The van der Waals surface area contributed by atoms with Gasteiger partial charge < -0.3 is 5.32 Å². The van der Waals surface area contributed by atoms with E-state index in [0.717, 1.165) is 23.4 Å². The average Bonchev–Trinajstić information content (AvgIpc) is 3.02. The van der Waals surface area contributed by atoms with Crippen LogP contribution in [0.4, 0.5) is 10.1 Å². The van der Waals surface area contributed by atoms with Gasteiger partial charge in [0.15, 0.2) is 5.16 Å². The lowest BCUT2D eigenvalue weighted by atomic mass is 10.1. The Hall–Kier alpha value is -2.58. The molecule has 1 amide bonds. The highest BCUT2D eigenvalue weighted by Crippen LogP contribution is 2.25. The highest BCUT2D eigenvalue weighted by Gasteiger charge is 2.20. The molecule has 2 N–H and O–H groups in total. The Kier molecular flexibility index (Phi) is 6.53. The molecular weight excluding hydrogens is 403 g/mol. The number of rotatable bonds is 7. The predicted molar refractivity (Wildman–Crippen MR) is 108 cm³/mol. The number of benzene rings is 2.